The van der Waals surface area contributed by atoms with Gasteiger partial charge in [-0.25, -0.2) is 9.97 Å². The number of aryl methyl sites for hydroxylation is 1. The molecule has 9 nitrogen and oxygen atoms in total. The van der Waals surface area contributed by atoms with Gasteiger partial charge in [-0.3, -0.25) is 23.9 Å². The van der Waals surface area contributed by atoms with Gasteiger partial charge in [0.25, 0.3) is 5.56 Å². The summed E-state index contributed by atoms with van der Waals surface area (Å²) in [6.07, 6.45) is -1.20. The van der Waals surface area contributed by atoms with Gasteiger partial charge in [0.1, 0.15) is 0 Å². The van der Waals surface area contributed by atoms with Crippen LogP contribution in [0.5, 0.6) is 0 Å². The average Bonchev–Trinajstić information content (AvgIpc) is 3.12. The van der Waals surface area contributed by atoms with Crippen LogP contribution in [0.4, 0.5) is 19.1 Å². The van der Waals surface area contributed by atoms with Crippen molar-refractivity contribution in [2.75, 3.05) is 24.5 Å². The fraction of sp³-hybridized carbons (Fsp3) is 0.370. The lowest BCUT2D eigenvalue weighted by Gasteiger charge is -2.39. The molecule has 1 aliphatic heterocycles. The molecule has 4 aromatic rings. The van der Waals surface area contributed by atoms with Crippen LogP contribution in [0.25, 0.3) is 22.0 Å². The predicted octanol–water partition coefficient (Wildman–Crippen LogP) is 3.62. The first-order valence-electron chi connectivity index (χ1n) is 12.5. The van der Waals surface area contributed by atoms with Gasteiger partial charge >= 0.3 is 6.18 Å². The van der Waals surface area contributed by atoms with Crippen molar-refractivity contribution >= 4 is 22.8 Å². The van der Waals surface area contributed by atoms with Gasteiger partial charge in [0.2, 0.25) is 11.9 Å². The molecule has 1 atom stereocenters. The Balaban J connectivity index is 1.48. The molecule has 1 aromatic carbocycles. The van der Waals surface area contributed by atoms with Gasteiger partial charge in [-0.2, -0.15) is 13.2 Å². The Bertz CT molecular complexity index is 1610. The molecule has 0 radical (unpaired) electrons. The number of amides is 1. The standard InChI is InChI=1S/C27H28F3N7O2/c1-16-5-8-22(27(28,29)30)23(33-16)15-37-24-11-19(6-7-21(24)25(39)34(37)4)20-12-31-26(32-13-20)36-10-9-35(18(3)38)14-17(36)2/h5-8,11-13,17H,9-10,14-15H2,1-4H3/t17-/m1/s1. The highest BCUT2D eigenvalue weighted by atomic mass is 19.4. The Morgan fingerprint density at radius 3 is 2.44 bits per heavy atom. The maximum absolute atomic E-state index is 13.7. The van der Waals surface area contributed by atoms with Crippen LogP contribution in [0.2, 0.25) is 0 Å². The van der Waals surface area contributed by atoms with Crippen molar-refractivity contribution in [3.05, 3.63) is 70.0 Å². The zero-order valence-electron chi connectivity index (χ0n) is 22.0. The molecule has 0 aliphatic carbocycles. The number of halogens is 3. The molecule has 3 aromatic heterocycles. The van der Waals surface area contributed by atoms with E-state index in [2.05, 4.69) is 15.0 Å². The molecule has 204 valence electrons. The number of anilines is 1. The minimum atomic E-state index is -4.57. The van der Waals surface area contributed by atoms with E-state index in [1.54, 1.807) is 49.3 Å². The maximum Gasteiger partial charge on any atom is 0.418 e. The zero-order valence-corrected chi connectivity index (χ0v) is 22.0. The first kappa shape index (κ1) is 26.4. The SMILES string of the molecule is CC(=O)N1CCN(c2ncc(-c3ccc4c(=O)n(C)n(Cc5nc(C)ccc5C(F)(F)F)c4c3)cn2)[C@H](C)C1. The molecule has 0 spiro atoms. The third kappa shape index (κ3) is 4.98. The van der Waals surface area contributed by atoms with Crippen molar-refractivity contribution in [3.8, 4) is 11.1 Å². The van der Waals surface area contributed by atoms with E-state index in [1.807, 2.05) is 11.8 Å². The average molecular weight is 540 g/mol. The second kappa shape index (κ2) is 9.83. The number of rotatable bonds is 4. The van der Waals surface area contributed by atoms with E-state index in [9.17, 15) is 22.8 Å². The summed E-state index contributed by atoms with van der Waals surface area (Å²) in [5, 5.41) is 0.386. The number of nitrogens with zero attached hydrogens (tertiary/aromatic N) is 7. The number of aromatic nitrogens is 5. The van der Waals surface area contributed by atoms with Crippen molar-refractivity contribution < 1.29 is 18.0 Å². The minimum absolute atomic E-state index is 0.0420. The topological polar surface area (TPSA) is 89.2 Å². The van der Waals surface area contributed by atoms with Gasteiger partial charge < -0.3 is 9.80 Å². The Morgan fingerprint density at radius 1 is 1.08 bits per heavy atom. The second-order valence-electron chi connectivity index (χ2n) is 9.84. The van der Waals surface area contributed by atoms with Crippen molar-refractivity contribution in [2.24, 2.45) is 7.05 Å². The monoisotopic (exact) mass is 539 g/mol. The van der Waals surface area contributed by atoms with Crippen molar-refractivity contribution in [1.29, 1.82) is 0 Å². The van der Waals surface area contributed by atoms with Gasteiger partial charge in [0.15, 0.2) is 0 Å². The van der Waals surface area contributed by atoms with Crippen molar-refractivity contribution in [1.82, 2.24) is 29.2 Å². The summed E-state index contributed by atoms with van der Waals surface area (Å²) in [4.78, 5) is 41.7. The summed E-state index contributed by atoms with van der Waals surface area (Å²) in [5.41, 5.74) is 1.04. The third-order valence-corrected chi connectivity index (χ3v) is 7.18. The van der Waals surface area contributed by atoms with E-state index in [-0.39, 0.29) is 29.7 Å². The zero-order chi connectivity index (χ0) is 28.1. The van der Waals surface area contributed by atoms with Crippen LogP contribution in [0, 0.1) is 6.92 Å². The number of pyridine rings is 1. The van der Waals surface area contributed by atoms with Gasteiger partial charge in [-0.1, -0.05) is 6.07 Å². The number of carbonyl (C=O) groups excluding carboxylic acids is 1. The highest BCUT2D eigenvalue weighted by molar-refractivity contribution is 5.84. The molecule has 1 aliphatic rings. The molecule has 12 heteroatoms. The van der Waals surface area contributed by atoms with E-state index in [1.165, 1.54) is 22.5 Å². The van der Waals surface area contributed by atoms with Crippen LogP contribution in [-0.2, 0) is 24.6 Å². The number of piperazine rings is 1. The summed E-state index contributed by atoms with van der Waals surface area (Å²) >= 11 is 0. The number of fused-ring (bicyclic) bond motifs is 1. The van der Waals surface area contributed by atoms with Crippen molar-refractivity contribution in [3.63, 3.8) is 0 Å². The van der Waals surface area contributed by atoms with Crippen LogP contribution in [0.15, 0.2) is 47.5 Å². The Hall–Kier alpha value is -4.22. The number of benzene rings is 1. The van der Waals surface area contributed by atoms with Crippen LogP contribution >= 0.6 is 0 Å². The van der Waals surface area contributed by atoms with Crippen LogP contribution in [0.1, 0.15) is 30.8 Å². The lowest BCUT2D eigenvalue weighted by molar-refractivity contribution is -0.138. The molecule has 1 fully saturated rings. The Morgan fingerprint density at radius 2 is 1.79 bits per heavy atom. The van der Waals surface area contributed by atoms with E-state index >= 15 is 0 Å². The highest BCUT2D eigenvalue weighted by Gasteiger charge is 2.34. The predicted molar refractivity (Wildman–Crippen MR) is 140 cm³/mol. The van der Waals surface area contributed by atoms with Crippen LogP contribution < -0.4 is 10.5 Å². The van der Waals surface area contributed by atoms with Crippen molar-refractivity contribution in [2.45, 2.75) is 39.5 Å². The smallest absolute Gasteiger partial charge is 0.339 e. The van der Waals surface area contributed by atoms with Gasteiger partial charge in [-0.05, 0) is 43.7 Å². The maximum atomic E-state index is 13.7. The Kier molecular flexibility index (Phi) is 6.65. The second-order valence-corrected chi connectivity index (χ2v) is 9.84. The molecule has 1 saturated heterocycles. The van der Waals surface area contributed by atoms with Crippen LogP contribution in [0.3, 0.4) is 0 Å². The number of hydrogen-bond acceptors (Lipinski definition) is 6. The van der Waals surface area contributed by atoms with E-state index in [4.69, 9.17) is 0 Å². The normalized spacial score (nSPS) is 16.2. The van der Waals surface area contributed by atoms with E-state index < -0.39 is 11.7 Å². The third-order valence-electron chi connectivity index (χ3n) is 7.18. The number of carbonyl (C=O) groups is 1. The molecule has 5 rings (SSSR count). The molecular weight excluding hydrogens is 511 g/mol. The fourth-order valence-corrected chi connectivity index (χ4v) is 5.03. The first-order chi connectivity index (χ1) is 18.4. The molecule has 0 saturated carbocycles. The Labute approximate surface area is 222 Å². The number of hydrogen-bond donors (Lipinski definition) is 0. The van der Waals surface area contributed by atoms with Gasteiger partial charge in [0, 0.05) is 63.3 Å². The molecule has 4 heterocycles. The highest BCUT2D eigenvalue weighted by Crippen LogP contribution is 2.32. The van der Waals surface area contributed by atoms with Gasteiger partial charge in [0.05, 0.1) is 28.7 Å². The summed E-state index contributed by atoms with van der Waals surface area (Å²) in [6, 6.07) is 7.59. The summed E-state index contributed by atoms with van der Waals surface area (Å²) in [6.45, 7) is 6.78. The number of alkyl halides is 3. The molecule has 39 heavy (non-hydrogen) atoms. The molecule has 1 amide bonds. The summed E-state index contributed by atoms with van der Waals surface area (Å²) < 4.78 is 43.9. The van der Waals surface area contributed by atoms with E-state index in [0.29, 0.717) is 47.7 Å². The summed E-state index contributed by atoms with van der Waals surface area (Å²) in [7, 11) is 1.52. The fourth-order valence-electron chi connectivity index (χ4n) is 5.03. The summed E-state index contributed by atoms with van der Waals surface area (Å²) in [5.74, 6) is 0.595. The van der Waals surface area contributed by atoms with Crippen LogP contribution in [-0.4, -0.2) is 60.8 Å². The van der Waals surface area contributed by atoms with E-state index in [0.717, 1.165) is 11.6 Å². The lowest BCUT2D eigenvalue weighted by Crippen LogP contribution is -2.53. The molecule has 0 N–H and O–H groups in total. The molecular formula is C27H28F3N7O2. The van der Waals surface area contributed by atoms with Gasteiger partial charge in [-0.15, -0.1) is 0 Å². The quantitative estimate of drug-likeness (QED) is 0.394. The molecule has 0 unspecified atom stereocenters. The largest absolute Gasteiger partial charge is 0.418 e. The minimum Gasteiger partial charge on any atom is -0.339 e. The molecule has 0 bridgehead atoms. The first-order valence-corrected chi connectivity index (χ1v) is 12.5. The lowest BCUT2D eigenvalue weighted by atomic mass is 10.1.